The third kappa shape index (κ3) is 6.34. The van der Waals surface area contributed by atoms with Crippen molar-refractivity contribution in [2.45, 2.75) is 19.9 Å². The maximum Gasteiger partial charge on any atom is 0.251 e. The molecule has 1 unspecified atom stereocenters. The average molecular weight is 418 g/mol. The van der Waals surface area contributed by atoms with Crippen LogP contribution in [0.25, 0.3) is 0 Å². The first kappa shape index (κ1) is 21.9. The molecule has 3 N–H and O–H groups in total. The van der Waals surface area contributed by atoms with Crippen molar-refractivity contribution < 1.29 is 14.3 Å². The second-order valence-corrected chi connectivity index (χ2v) is 7.02. The molecule has 0 aliphatic heterocycles. The van der Waals surface area contributed by atoms with E-state index in [0.717, 1.165) is 5.56 Å². The summed E-state index contributed by atoms with van der Waals surface area (Å²) in [5.74, 6) is 0.249. The van der Waals surface area contributed by atoms with Crippen LogP contribution in [0, 0.1) is 0 Å². The van der Waals surface area contributed by atoms with E-state index < -0.39 is 0 Å². The molecule has 160 valence electrons. The van der Waals surface area contributed by atoms with Crippen molar-refractivity contribution in [3.8, 4) is 5.75 Å². The number of carbonyl (C=O) groups excluding carboxylic acids is 2. The molecule has 0 spiro atoms. The Morgan fingerprint density at radius 1 is 0.935 bits per heavy atom. The highest BCUT2D eigenvalue weighted by Crippen LogP contribution is 2.23. The highest BCUT2D eigenvalue weighted by Gasteiger charge is 2.12. The Balaban J connectivity index is 1.57. The maximum absolute atomic E-state index is 12.6. The van der Waals surface area contributed by atoms with Crippen LogP contribution in [-0.2, 0) is 4.79 Å². The van der Waals surface area contributed by atoms with E-state index in [9.17, 15) is 9.59 Å². The minimum absolute atomic E-state index is 0.0615. The van der Waals surface area contributed by atoms with E-state index >= 15 is 0 Å². The lowest BCUT2D eigenvalue weighted by molar-refractivity contribution is -0.114. The smallest absolute Gasteiger partial charge is 0.251 e. The van der Waals surface area contributed by atoms with Crippen molar-refractivity contribution in [3.05, 3.63) is 90.0 Å². The summed E-state index contributed by atoms with van der Waals surface area (Å²) >= 11 is 0. The largest absolute Gasteiger partial charge is 0.492 e. The van der Waals surface area contributed by atoms with Crippen LogP contribution in [-0.4, -0.2) is 25.0 Å². The number of carbonyl (C=O) groups is 2. The second-order valence-electron chi connectivity index (χ2n) is 7.02. The first-order chi connectivity index (χ1) is 15.1. The molecule has 3 aromatic carbocycles. The van der Waals surface area contributed by atoms with Crippen molar-refractivity contribution in [1.29, 1.82) is 0 Å². The summed E-state index contributed by atoms with van der Waals surface area (Å²) < 4.78 is 5.53. The number of para-hydroxylation sites is 2. The number of anilines is 2. The molecule has 0 fully saturated rings. The molecular weight excluding hydrogens is 390 g/mol. The normalized spacial score (nSPS) is 11.3. The quantitative estimate of drug-likeness (QED) is 0.474. The maximum atomic E-state index is 12.6. The van der Waals surface area contributed by atoms with Gasteiger partial charge in [-0.2, -0.15) is 0 Å². The number of amides is 2. The third-order valence-electron chi connectivity index (χ3n) is 4.69. The van der Waals surface area contributed by atoms with E-state index in [1.54, 1.807) is 24.3 Å². The van der Waals surface area contributed by atoms with Crippen LogP contribution < -0.4 is 20.7 Å². The SMILES string of the molecule is CCOc1ccccc1NC(=O)CNc1cccc(C(=O)NC(C)c2ccccc2)c1. The van der Waals surface area contributed by atoms with Crippen LogP contribution in [0.1, 0.15) is 35.8 Å². The summed E-state index contributed by atoms with van der Waals surface area (Å²) in [6.07, 6.45) is 0. The zero-order chi connectivity index (χ0) is 22.1. The van der Waals surface area contributed by atoms with Gasteiger partial charge in [-0.25, -0.2) is 0 Å². The molecule has 0 saturated carbocycles. The molecule has 0 aliphatic carbocycles. The molecule has 0 saturated heterocycles. The third-order valence-corrected chi connectivity index (χ3v) is 4.69. The van der Waals surface area contributed by atoms with Crippen LogP contribution in [0.3, 0.4) is 0 Å². The van der Waals surface area contributed by atoms with E-state index in [-0.39, 0.29) is 24.4 Å². The lowest BCUT2D eigenvalue weighted by Crippen LogP contribution is -2.27. The average Bonchev–Trinajstić information content (AvgIpc) is 2.80. The Labute approximate surface area is 182 Å². The predicted molar refractivity (Wildman–Crippen MR) is 123 cm³/mol. The first-order valence-electron chi connectivity index (χ1n) is 10.3. The lowest BCUT2D eigenvalue weighted by Gasteiger charge is -2.15. The topological polar surface area (TPSA) is 79.5 Å². The lowest BCUT2D eigenvalue weighted by atomic mass is 10.1. The van der Waals surface area contributed by atoms with Gasteiger partial charge < -0.3 is 20.7 Å². The summed E-state index contributed by atoms with van der Waals surface area (Å²) in [5.41, 5.74) is 2.87. The Hall–Kier alpha value is -3.80. The van der Waals surface area contributed by atoms with E-state index in [4.69, 9.17) is 4.74 Å². The minimum Gasteiger partial charge on any atom is -0.492 e. The van der Waals surface area contributed by atoms with Gasteiger partial charge in [0.05, 0.1) is 24.9 Å². The van der Waals surface area contributed by atoms with Gasteiger partial charge >= 0.3 is 0 Å². The highest BCUT2D eigenvalue weighted by atomic mass is 16.5. The van der Waals surface area contributed by atoms with Crippen LogP contribution in [0.2, 0.25) is 0 Å². The second kappa shape index (κ2) is 10.8. The minimum atomic E-state index is -0.209. The molecule has 2 amide bonds. The van der Waals surface area contributed by atoms with E-state index in [1.807, 2.05) is 68.4 Å². The summed E-state index contributed by atoms with van der Waals surface area (Å²) in [6, 6.07) is 24.1. The van der Waals surface area contributed by atoms with E-state index in [0.29, 0.717) is 29.3 Å². The Morgan fingerprint density at radius 2 is 1.68 bits per heavy atom. The zero-order valence-corrected chi connectivity index (χ0v) is 17.7. The van der Waals surface area contributed by atoms with Crippen molar-refractivity contribution in [3.63, 3.8) is 0 Å². The predicted octanol–water partition coefficient (Wildman–Crippen LogP) is 4.63. The molecule has 0 bridgehead atoms. The highest BCUT2D eigenvalue weighted by molar-refractivity contribution is 5.97. The number of hydrogen-bond acceptors (Lipinski definition) is 4. The van der Waals surface area contributed by atoms with Crippen molar-refractivity contribution >= 4 is 23.2 Å². The van der Waals surface area contributed by atoms with Gasteiger partial charge in [-0.1, -0.05) is 48.5 Å². The van der Waals surface area contributed by atoms with E-state index in [2.05, 4.69) is 16.0 Å². The standard InChI is InChI=1S/C25H27N3O3/c1-3-31-23-15-8-7-14-22(23)28-24(29)17-26-21-13-9-12-20(16-21)25(30)27-18(2)19-10-5-4-6-11-19/h4-16,18,26H,3,17H2,1-2H3,(H,27,30)(H,28,29). The van der Waals surface area contributed by atoms with Gasteiger partial charge in [0.1, 0.15) is 5.75 Å². The summed E-state index contributed by atoms with van der Waals surface area (Å²) in [5, 5.41) is 8.90. The fourth-order valence-electron chi connectivity index (χ4n) is 3.10. The van der Waals surface area contributed by atoms with Crippen LogP contribution >= 0.6 is 0 Å². The van der Waals surface area contributed by atoms with Gasteiger partial charge in [0.25, 0.3) is 5.91 Å². The van der Waals surface area contributed by atoms with Crippen LogP contribution in [0.15, 0.2) is 78.9 Å². The van der Waals surface area contributed by atoms with Gasteiger partial charge in [0.2, 0.25) is 5.91 Å². The molecule has 6 heteroatoms. The molecule has 3 aromatic rings. The van der Waals surface area contributed by atoms with Crippen molar-refractivity contribution in [2.75, 3.05) is 23.8 Å². The summed E-state index contributed by atoms with van der Waals surface area (Å²) in [4.78, 5) is 25.0. The van der Waals surface area contributed by atoms with Crippen LogP contribution in [0.4, 0.5) is 11.4 Å². The molecule has 3 rings (SSSR count). The summed E-state index contributed by atoms with van der Waals surface area (Å²) in [6.45, 7) is 4.42. The fourth-order valence-corrected chi connectivity index (χ4v) is 3.10. The molecule has 0 aromatic heterocycles. The fraction of sp³-hybridized carbons (Fsp3) is 0.200. The summed E-state index contributed by atoms with van der Waals surface area (Å²) in [7, 11) is 0. The zero-order valence-electron chi connectivity index (χ0n) is 17.7. The first-order valence-corrected chi connectivity index (χ1v) is 10.3. The molecule has 6 nitrogen and oxygen atoms in total. The number of ether oxygens (including phenoxy) is 1. The van der Waals surface area contributed by atoms with Crippen molar-refractivity contribution in [2.24, 2.45) is 0 Å². The van der Waals surface area contributed by atoms with Gasteiger partial charge in [-0.3, -0.25) is 9.59 Å². The van der Waals surface area contributed by atoms with E-state index in [1.165, 1.54) is 0 Å². The monoisotopic (exact) mass is 417 g/mol. The molecular formula is C25H27N3O3. The number of hydrogen-bond donors (Lipinski definition) is 3. The van der Waals surface area contributed by atoms with Gasteiger partial charge in [0, 0.05) is 11.3 Å². The molecule has 0 radical (unpaired) electrons. The number of benzene rings is 3. The molecule has 1 atom stereocenters. The van der Waals surface area contributed by atoms with Crippen LogP contribution in [0.5, 0.6) is 5.75 Å². The van der Waals surface area contributed by atoms with Gasteiger partial charge in [-0.05, 0) is 49.7 Å². The molecule has 0 aliphatic rings. The number of rotatable bonds is 9. The molecule has 0 heterocycles. The van der Waals surface area contributed by atoms with Gasteiger partial charge in [0.15, 0.2) is 0 Å². The Morgan fingerprint density at radius 3 is 2.45 bits per heavy atom. The number of nitrogens with one attached hydrogen (secondary N) is 3. The Bertz CT molecular complexity index is 1020. The van der Waals surface area contributed by atoms with Gasteiger partial charge in [-0.15, -0.1) is 0 Å². The van der Waals surface area contributed by atoms with Crippen molar-refractivity contribution in [1.82, 2.24) is 5.32 Å². The Kier molecular flexibility index (Phi) is 7.65. The molecule has 31 heavy (non-hydrogen) atoms.